The molecule has 6 heteroatoms. The summed E-state index contributed by atoms with van der Waals surface area (Å²) in [7, 11) is -2.88. The molecule has 1 aromatic heterocycles. The van der Waals surface area contributed by atoms with Gasteiger partial charge in [0, 0.05) is 18.2 Å². The van der Waals surface area contributed by atoms with Gasteiger partial charge in [0.05, 0.1) is 10.8 Å². The van der Waals surface area contributed by atoms with Crippen molar-refractivity contribution in [1.82, 2.24) is 4.98 Å². The zero-order chi connectivity index (χ0) is 12.0. The summed E-state index contributed by atoms with van der Waals surface area (Å²) in [6.45, 7) is 0.613. The van der Waals surface area contributed by atoms with Gasteiger partial charge in [-0.1, -0.05) is 6.07 Å². The van der Waals surface area contributed by atoms with Crippen molar-refractivity contribution in [2.75, 3.05) is 24.3 Å². The molecule has 4 nitrogen and oxygen atoms in total. The quantitative estimate of drug-likeness (QED) is 0.763. The fraction of sp³-hybridized carbons (Fsp3) is 0.500. The van der Waals surface area contributed by atoms with E-state index in [1.807, 2.05) is 12.1 Å². The van der Waals surface area contributed by atoms with Crippen molar-refractivity contribution in [3.05, 3.63) is 23.9 Å². The molecule has 90 valence electrons. The fourth-order valence-electron chi connectivity index (χ4n) is 1.11. The Kier molecular flexibility index (Phi) is 5.24. The van der Waals surface area contributed by atoms with Gasteiger partial charge in [-0.05, 0) is 24.6 Å². The molecule has 2 N–H and O–H groups in total. The molecule has 0 amide bonds. The van der Waals surface area contributed by atoms with Gasteiger partial charge in [0.2, 0.25) is 0 Å². The predicted octanol–water partition coefficient (Wildman–Crippen LogP) is 0.719. The van der Waals surface area contributed by atoms with Crippen LogP contribution in [0, 0.1) is 0 Å². The van der Waals surface area contributed by atoms with Crippen LogP contribution >= 0.6 is 11.8 Å². The van der Waals surface area contributed by atoms with E-state index in [4.69, 9.17) is 5.73 Å². The fourth-order valence-corrected chi connectivity index (χ4v) is 3.15. The number of hydrogen-bond donors (Lipinski definition) is 1. The Morgan fingerprint density at radius 1 is 1.44 bits per heavy atom. The Morgan fingerprint density at radius 2 is 2.19 bits per heavy atom. The summed E-state index contributed by atoms with van der Waals surface area (Å²) < 4.78 is 21.8. The molecule has 0 saturated heterocycles. The summed E-state index contributed by atoms with van der Waals surface area (Å²) in [5.41, 5.74) is 6.53. The molecule has 1 rings (SSSR count). The largest absolute Gasteiger partial charge is 0.330 e. The topological polar surface area (TPSA) is 73.0 Å². The summed E-state index contributed by atoms with van der Waals surface area (Å²) in [6.07, 6.45) is 3.85. The molecule has 0 radical (unpaired) electrons. The molecule has 0 unspecified atom stereocenters. The first-order valence-corrected chi connectivity index (χ1v) is 8.01. The van der Waals surface area contributed by atoms with E-state index in [0.29, 0.717) is 12.3 Å². The molecule has 1 heterocycles. The number of sulfone groups is 1. The van der Waals surface area contributed by atoms with E-state index in [0.717, 1.165) is 17.0 Å². The molecule has 0 saturated carbocycles. The second kappa shape index (κ2) is 6.22. The van der Waals surface area contributed by atoms with Gasteiger partial charge in [-0.25, -0.2) is 13.4 Å². The van der Waals surface area contributed by atoms with Gasteiger partial charge in [0.1, 0.15) is 9.84 Å². The second-order valence-electron chi connectivity index (χ2n) is 3.52. The lowest BCUT2D eigenvalue weighted by Crippen LogP contribution is -2.05. The molecular weight excluding hydrogens is 244 g/mol. The maximum absolute atomic E-state index is 10.9. The van der Waals surface area contributed by atoms with Crippen LogP contribution in [0.3, 0.4) is 0 Å². The number of hydrogen-bond acceptors (Lipinski definition) is 5. The van der Waals surface area contributed by atoms with Gasteiger partial charge in [0.15, 0.2) is 0 Å². The van der Waals surface area contributed by atoms with Crippen LogP contribution in [0.2, 0.25) is 0 Å². The zero-order valence-corrected chi connectivity index (χ0v) is 10.9. The van der Waals surface area contributed by atoms with Crippen molar-refractivity contribution in [1.29, 1.82) is 0 Å². The van der Waals surface area contributed by atoms with E-state index in [2.05, 4.69) is 4.98 Å². The summed E-state index contributed by atoms with van der Waals surface area (Å²) in [6, 6.07) is 3.88. The highest BCUT2D eigenvalue weighted by Crippen LogP contribution is 2.15. The van der Waals surface area contributed by atoms with Gasteiger partial charge in [0.25, 0.3) is 0 Å². The molecule has 0 bridgehead atoms. The summed E-state index contributed by atoms with van der Waals surface area (Å²) in [5.74, 6) is 0.728. The van der Waals surface area contributed by atoms with Gasteiger partial charge < -0.3 is 5.73 Å². The summed E-state index contributed by atoms with van der Waals surface area (Å²) in [4.78, 5) is 4.23. The highest BCUT2D eigenvalue weighted by Gasteiger charge is 2.03. The first-order chi connectivity index (χ1) is 7.51. The predicted molar refractivity (Wildman–Crippen MR) is 67.4 cm³/mol. The van der Waals surface area contributed by atoms with Crippen LogP contribution in [0.1, 0.15) is 5.56 Å². The molecule has 0 atom stereocenters. The second-order valence-corrected chi connectivity index (χ2v) is 6.90. The molecule has 0 spiro atoms. The Bertz CT molecular complexity index is 415. The van der Waals surface area contributed by atoms with Crippen molar-refractivity contribution in [3.63, 3.8) is 0 Å². The average molecular weight is 260 g/mol. The Labute approximate surface area is 101 Å². The van der Waals surface area contributed by atoms with Gasteiger partial charge in [-0.15, -0.1) is 11.8 Å². The van der Waals surface area contributed by atoms with E-state index in [1.54, 1.807) is 6.20 Å². The minimum Gasteiger partial charge on any atom is -0.330 e. The van der Waals surface area contributed by atoms with E-state index in [9.17, 15) is 8.42 Å². The van der Waals surface area contributed by atoms with Crippen LogP contribution in [-0.4, -0.2) is 37.7 Å². The molecule has 0 aliphatic rings. The van der Waals surface area contributed by atoms with E-state index < -0.39 is 9.84 Å². The third-order valence-electron chi connectivity index (χ3n) is 1.93. The van der Waals surface area contributed by atoms with Crippen molar-refractivity contribution >= 4 is 21.6 Å². The monoisotopic (exact) mass is 260 g/mol. The molecule has 0 fully saturated rings. The smallest absolute Gasteiger partial charge is 0.148 e. The lowest BCUT2D eigenvalue weighted by molar-refractivity contribution is 0.603. The van der Waals surface area contributed by atoms with Crippen LogP contribution in [0.25, 0.3) is 0 Å². The van der Waals surface area contributed by atoms with Crippen LogP contribution < -0.4 is 5.73 Å². The van der Waals surface area contributed by atoms with Gasteiger partial charge >= 0.3 is 0 Å². The molecule has 16 heavy (non-hydrogen) atoms. The summed E-state index contributed by atoms with van der Waals surface area (Å²) >= 11 is 1.45. The van der Waals surface area contributed by atoms with Crippen LogP contribution in [0.4, 0.5) is 0 Å². The van der Waals surface area contributed by atoms with Gasteiger partial charge in [-0.2, -0.15) is 0 Å². The molecule has 0 aliphatic heterocycles. The van der Waals surface area contributed by atoms with Crippen molar-refractivity contribution < 1.29 is 8.42 Å². The van der Waals surface area contributed by atoms with Crippen LogP contribution in [0.5, 0.6) is 0 Å². The van der Waals surface area contributed by atoms with Crippen molar-refractivity contribution in [2.24, 2.45) is 5.73 Å². The molecular formula is C10H16N2O2S2. The zero-order valence-electron chi connectivity index (χ0n) is 9.22. The molecule has 1 aromatic rings. The maximum atomic E-state index is 10.9. The lowest BCUT2D eigenvalue weighted by atomic mass is 10.2. The average Bonchev–Trinajstić information content (AvgIpc) is 2.19. The highest BCUT2D eigenvalue weighted by atomic mass is 32.2. The standard InChI is InChI=1S/C10H16N2O2S2/c1-16(13,14)7-6-15-10-3-2-9(4-5-11)8-12-10/h2-3,8H,4-7,11H2,1H3. The number of thioether (sulfide) groups is 1. The highest BCUT2D eigenvalue weighted by molar-refractivity contribution is 8.00. The number of nitrogens with zero attached hydrogens (tertiary/aromatic N) is 1. The van der Waals surface area contributed by atoms with Crippen LogP contribution in [-0.2, 0) is 16.3 Å². The Hall–Kier alpha value is -0.590. The first kappa shape index (κ1) is 13.5. The minimum absolute atomic E-state index is 0.184. The normalized spacial score (nSPS) is 11.6. The van der Waals surface area contributed by atoms with Crippen molar-refractivity contribution in [2.45, 2.75) is 11.4 Å². The minimum atomic E-state index is -2.88. The Morgan fingerprint density at radius 3 is 2.69 bits per heavy atom. The van der Waals surface area contributed by atoms with E-state index in [-0.39, 0.29) is 5.75 Å². The summed E-state index contributed by atoms with van der Waals surface area (Å²) in [5, 5.41) is 0.851. The third kappa shape index (κ3) is 5.48. The molecule has 0 aromatic carbocycles. The van der Waals surface area contributed by atoms with Crippen molar-refractivity contribution in [3.8, 4) is 0 Å². The number of nitrogens with two attached hydrogens (primary N) is 1. The molecule has 0 aliphatic carbocycles. The first-order valence-electron chi connectivity index (χ1n) is 4.97. The maximum Gasteiger partial charge on any atom is 0.148 e. The van der Waals surface area contributed by atoms with E-state index >= 15 is 0 Å². The lowest BCUT2D eigenvalue weighted by Gasteiger charge is -2.01. The number of pyridine rings is 1. The number of rotatable bonds is 6. The van der Waals surface area contributed by atoms with Gasteiger partial charge in [-0.3, -0.25) is 0 Å². The SMILES string of the molecule is CS(=O)(=O)CCSc1ccc(CCN)cn1. The number of aromatic nitrogens is 1. The third-order valence-corrected chi connectivity index (χ3v) is 4.08. The van der Waals surface area contributed by atoms with Crippen LogP contribution in [0.15, 0.2) is 23.4 Å². The Balaban J connectivity index is 2.43. The van der Waals surface area contributed by atoms with E-state index in [1.165, 1.54) is 18.0 Å².